The molecule has 230 valence electrons. The number of sulfonamides is 2. The van der Waals surface area contributed by atoms with Crippen LogP contribution in [-0.4, -0.2) is 79.0 Å². The smallest absolute Gasteiger partial charge is 0.264 e. The molecule has 0 N–H and O–H groups in total. The Morgan fingerprint density at radius 2 is 0.886 bits per heavy atom. The van der Waals surface area contributed by atoms with Gasteiger partial charge in [0.25, 0.3) is 20.0 Å². The van der Waals surface area contributed by atoms with Gasteiger partial charge in [-0.05, 0) is 76.2 Å². The molecule has 0 aromatic heterocycles. The molecular formula is C32H36N6O4S2. The van der Waals surface area contributed by atoms with Crippen molar-refractivity contribution in [1.82, 2.24) is 9.80 Å². The fraction of sp³-hybridized carbons (Fsp3) is 0.375. The predicted octanol–water partition coefficient (Wildman–Crippen LogP) is 3.85. The molecule has 44 heavy (non-hydrogen) atoms. The Labute approximate surface area is 260 Å². The second-order valence-corrected chi connectivity index (χ2v) is 15.0. The van der Waals surface area contributed by atoms with Crippen molar-refractivity contribution in [1.29, 1.82) is 10.5 Å². The number of aryl methyl sites for hydroxylation is 2. The Hall–Kier alpha value is -3.94. The molecule has 12 heteroatoms. The standard InChI is InChI=1S/C32H36N6O4S2/c1-25-5-9-29(10-6-25)43(39,40)37-15-3-13-35-17-19-36(20-18-35)14-4-16-38(44(41,42)30-11-7-26(2)8-12-30)32-22-28(24-34)27(23-33)21-31(32)37/h5-12,21-22H,3-4,13-20H2,1-2H3. The van der Waals surface area contributed by atoms with Crippen LogP contribution in [0.4, 0.5) is 11.4 Å². The van der Waals surface area contributed by atoms with Crippen LogP contribution in [-0.2, 0) is 20.0 Å². The van der Waals surface area contributed by atoms with Crippen LogP contribution in [0.1, 0.15) is 35.1 Å². The van der Waals surface area contributed by atoms with Crippen molar-refractivity contribution in [2.45, 2.75) is 36.5 Å². The van der Waals surface area contributed by atoms with Gasteiger partial charge in [-0.15, -0.1) is 0 Å². The van der Waals surface area contributed by atoms with Crippen molar-refractivity contribution in [3.8, 4) is 12.1 Å². The molecule has 3 aliphatic rings. The molecule has 1 fully saturated rings. The fourth-order valence-electron chi connectivity index (χ4n) is 5.69. The lowest BCUT2D eigenvalue weighted by Crippen LogP contribution is -2.48. The molecule has 2 bridgehead atoms. The third-order valence-corrected chi connectivity index (χ3v) is 11.9. The highest BCUT2D eigenvalue weighted by Gasteiger charge is 2.34. The molecule has 0 atom stereocenters. The Morgan fingerprint density at radius 1 is 0.545 bits per heavy atom. The zero-order valence-electron chi connectivity index (χ0n) is 25.0. The van der Waals surface area contributed by atoms with E-state index in [1.165, 1.54) is 45.0 Å². The third-order valence-electron chi connectivity index (χ3n) is 8.25. The van der Waals surface area contributed by atoms with E-state index in [-0.39, 0.29) is 45.4 Å². The summed E-state index contributed by atoms with van der Waals surface area (Å²) in [6, 6.07) is 19.7. The Bertz CT molecular complexity index is 1670. The van der Waals surface area contributed by atoms with E-state index in [2.05, 4.69) is 9.80 Å². The number of hydrogen-bond donors (Lipinski definition) is 0. The molecule has 6 rings (SSSR count). The minimum absolute atomic E-state index is 0.0296. The lowest BCUT2D eigenvalue weighted by atomic mass is 10.1. The third kappa shape index (κ3) is 6.44. The lowest BCUT2D eigenvalue weighted by molar-refractivity contribution is 0.131. The Kier molecular flexibility index (Phi) is 9.28. The SMILES string of the molecule is Cc1ccc(S(=O)(=O)N2CCCN3CCN(CCCN(S(=O)(=O)c4ccc(C)cc4)c4cc(C#N)c(C#N)cc42)CC3)cc1. The number of hydrogen-bond acceptors (Lipinski definition) is 8. The summed E-state index contributed by atoms with van der Waals surface area (Å²) in [5.41, 5.74) is 1.83. The van der Waals surface area contributed by atoms with Crippen LogP contribution < -0.4 is 8.61 Å². The van der Waals surface area contributed by atoms with Gasteiger partial charge in [0, 0.05) is 39.3 Å². The average molecular weight is 633 g/mol. The summed E-state index contributed by atoms with van der Waals surface area (Å²) < 4.78 is 59.9. The lowest BCUT2D eigenvalue weighted by Gasteiger charge is -2.37. The molecule has 3 aromatic rings. The van der Waals surface area contributed by atoms with E-state index in [9.17, 15) is 27.4 Å². The maximum Gasteiger partial charge on any atom is 0.264 e. The minimum Gasteiger partial charge on any atom is -0.301 e. The molecule has 0 aliphatic carbocycles. The number of fused-ring (bicyclic) bond motifs is 8. The monoisotopic (exact) mass is 632 g/mol. The molecule has 3 aromatic carbocycles. The summed E-state index contributed by atoms with van der Waals surface area (Å²) in [4.78, 5) is 4.74. The van der Waals surface area contributed by atoms with E-state index in [1.54, 1.807) is 24.3 Å². The van der Waals surface area contributed by atoms with Crippen molar-refractivity contribution >= 4 is 31.4 Å². The van der Waals surface area contributed by atoms with Gasteiger partial charge in [0.2, 0.25) is 0 Å². The van der Waals surface area contributed by atoms with Crippen LogP contribution in [0.5, 0.6) is 0 Å². The number of nitrogens with zero attached hydrogens (tertiary/aromatic N) is 6. The van der Waals surface area contributed by atoms with Gasteiger partial charge in [0.15, 0.2) is 0 Å². The predicted molar refractivity (Wildman–Crippen MR) is 169 cm³/mol. The molecule has 1 saturated heterocycles. The van der Waals surface area contributed by atoms with E-state index < -0.39 is 20.0 Å². The van der Waals surface area contributed by atoms with Gasteiger partial charge in [-0.25, -0.2) is 16.8 Å². The second-order valence-electron chi connectivity index (χ2n) is 11.3. The van der Waals surface area contributed by atoms with E-state index in [0.29, 0.717) is 25.9 Å². The molecule has 3 heterocycles. The van der Waals surface area contributed by atoms with E-state index in [1.807, 2.05) is 26.0 Å². The summed E-state index contributed by atoms with van der Waals surface area (Å²) >= 11 is 0. The number of anilines is 2. The molecule has 0 radical (unpaired) electrons. The summed E-state index contributed by atoms with van der Waals surface area (Å²) in [6.07, 6.45) is 0.967. The molecule has 3 aliphatic heterocycles. The highest BCUT2D eigenvalue weighted by molar-refractivity contribution is 7.93. The highest BCUT2D eigenvalue weighted by Crippen LogP contribution is 2.39. The number of nitriles is 2. The van der Waals surface area contributed by atoms with Crippen molar-refractivity contribution in [3.63, 3.8) is 0 Å². The Morgan fingerprint density at radius 3 is 1.20 bits per heavy atom. The molecule has 0 unspecified atom stereocenters. The van der Waals surface area contributed by atoms with Crippen molar-refractivity contribution < 1.29 is 16.8 Å². The van der Waals surface area contributed by atoms with Gasteiger partial charge in [-0.2, -0.15) is 10.5 Å². The van der Waals surface area contributed by atoms with Crippen LogP contribution in [0, 0.1) is 36.5 Å². The van der Waals surface area contributed by atoms with Gasteiger partial charge >= 0.3 is 0 Å². The molecule has 0 spiro atoms. The maximum atomic E-state index is 14.4. The van der Waals surface area contributed by atoms with Gasteiger partial charge in [0.1, 0.15) is 12.1 Å². The summed E-state index contributed by atoms with van der Waals surface area (Å²) in [7, 11) is -8.40. The quantitative estimate of drug-likeness (QED) is 0.424. The van der Waals surface area contributed by atoms with Crippen molar-refractivity contribution in [2.24, 2.45) is 0 Å². The molecule has 0 amide bonds. The first-order valence-corrected chi connectivity index (χ1v) is 17.5. The van der Waals surface area contributed by atoms with Crippen LogP contribution in [0.15, 0.2) is 70.5 Å². The Balaban J connectivity index is 1.76. The van der Waals surface area contributed by atoms with Gasteiger partial charge in [-0.1, -0.05) is 35.4 Å². The first kappa shape index (κ1) is 31.5. The molecule has 0 saturated carbocycles. The average Bonchev–Trinajstić information content (AvgIpc) is 3.01. The largest absolute Gasteiger partial charge is 0.301 e. The van der Waals surface area contributed by atoms with Gasteiger partial charge < -0.3 is 9.80 Å². The normalized spacial score (nSPS) is 19.8. The maximum absolute atomic E-state index is 14.4. The topological polar surface area (TPSA) is 129 Å². The second kappa shape index (κ2) is 13.0. The zero-order valence-corrected chi connectivity index (χ0v) is 26.6. The minimum atomic E-state index is -4.20. The van der Waals surface area contributed by atoms with Gasteiger partial charge in [-0.3, -0.25) is 8.61 Å². The van der Waals surface area contributed by atoms with Crippen LogP contribution in [0.25, 0.3) is 0 Å². The molecular weight excluding hydrogens is 597 g/mol. The fourth-order valence-corrected chi connectivity index (χ4v) is 8.71. The van der Waals surface area contributed by atoms with E-state index in [0.717, 1.165) is 37.3 Å². The van der Waals surface area contributed by atoms with Gasteiger partial charge in [0.05, 0.1) is 32.3 Å². The molecule has 10 nitrogen and oxygen atoms in total. The zero-order chi connectivity index (χ0) is 31.5. The number of benzene rings is 3. The number of piperazine rings is 1. The summed E-state index contributed by atoms with van der Waals surface area (Å²) in [5.74, 6) is 0. The van der Waals surface area contributed by atoms with E-state index in [4.69, 9.17) is 0 Å². The van der Waals surface area contributed by atoms with Crippen molar-refractivity contribution in [2.75, 3.05) is 61.0 Å². The van der Waals surface area contributed by atoms with Crippen LogP contribution in [0.3, 0.4) is 0 Å². The first-order valence-electron chi connectivity index (χ1n) is 14.7. The highest BCUT2D eigenvalue weighted by atomic mass is 32.2. The van der Waals surface area contributed by atoms with Crippen molar-refractivity contribution in [3.05, 3.63) is 82.9 Å². The first-order chi connectivity index (χ1) is 21.0. The van der Waals surface area contributed by atoms with Crippen LogP contribution in [0.2, 0.25) is 0 Å². The summed E-state index contributed by atoms with van der Waals surface area (Å²) in [6.45, 7) is 8.54. The number of rotatable bonds is 4. The van der Waals surface area contributed by atoms with E-state index >= 15 is 0 Å². The summed E-state index contributed by atoms with van der Waals surface area (Å²) in [5, 5.41) is 19.9. The van der Waals surface area contributed by atoms with Crippen LogP contribution >= 0.6 is 0 Å².